The molecule has 1 aliphatic heterocycles. The van der Waals surface area contributed by atoms with Crippen LogP contribution in [0.3, 0.4) is 0 Å². The normalized spacial score (nSPS) is 19.3. The fraction of sp³-hybridized carbons (Fsp3) is 0.600. The standard InChI is InChI=1S/C20H28N4O3/c1-15-18(13-17(27-15)14-23-9-11-26-12-10-23)20(25)22-19-7-8-21-24(19)16-5-3-2-4-6-16/h7-8,13,16H,2-6,9-12,14H2,1H3,(H,22,25). The molecule has 0 atom stereocenters. The highest BCUT2D eigenvalue weighted by Gasteiger charge is 2.22. The van der Waals surface area contributed by atoms with Crippen LogP contribution in [0.15, 0.2) is 22.7 Å². The molecule has 4 rings (SSSR count). The van der Waals surface area contributed by atoms with Gasteiger partial charge in [0.25, 0.3) is 5.91 Å². The number of nitrogens with one attached hydrogen (secondary N) is 1. The van der Waals surface area contributed by atoms with Gasteiger partial charge in [-0.2, -0.15) is 5.10 Å². The summed E-state index contributed by atoms with van der Waals surface area (Å²) in [7, 11) is 0. The molecule has 2 fully saturated rings. The van der Waals surface area contributed by atoms with Crippen molar-refractivity contribution in [3.63, 3.8) is 0 Å². The number of hydrogen-bond acceptors (Lipinski definition) is 5. The maximum atomic E-state index is 12.8. The number of aryl methyl sites for hydroxylation is 1. The molecule has 1 amide bonds. The van der Waals surface area contributed by atoms with E-state index < -0.39 is 0 Å². The summed E-state index contributed by atoms with van der Waals surface area (Å²) >= 11 is 0. The molecule has 1 saturated heterocycles. The lowest BCUT2D eigenvalue weighted by atomic mass is 9.96. The summed E-state index contributed by atoms with van der Waals surface area (Å²) in [6, 6.07) is 4.12. The molecule has 146 valence electrons. The van der Waals surface area contributed by atoms with E-state index in [4.69, 9.17) is 9.15 Å². The molecule has 7 heteroatoms. The van der Waals surface area contributed by atoms with Crippen LogP contribution in [0.25, 0.3) is 0 Å². The van der Waals surface area contributed by atoms with E-state index in [1.54, 1.807) is 6.20 Å². The SMILES string of the molecule is Cc1oc(CN2CCOCC2)cc1C(=O)Nc1ccnn1C1CCCCC1. The quantitative estimate of drug-likeness (QED) is 0.871. The second-order valence-electron chi connectivity index (χ2n) is 7.48. The molecule has 0 unspecified atom stereocenters. The van der Waals surface area contributed by atoms with Gasteiger partial charge in [0, 0.05) is 19.2 Å². The van der Waals surface area contributed by atoms with Crippen LogP contribution < -0.4 is 5.32 Å². The lowest BCUT2D eigenvalue weighted by Gasteiger charge is -2.25. The van der Waals surface area contributed by atoms with Crippen LogP contribution in [0.1, 0.15) is 60.0 Å². The van der Waals surface area contributed by atoms with E-state index in [1.165, 1.54) is 19.3 Å². The van der Waals surface area contributed by atoms with E-state index in [1.807, 2.05) is 23.7 Å². The summed E-state index contributed by atoms with van der Waals surface area (Å²) < 4.78 is 13.2. The predicted molar refractivity (Wildman–Crippen MR) is 102 cm³/mol. The number of hydrogen-bond donors (Lipinski definition) is 1. The van der Waals surface area contributed by atoms with Gasteiger partial charge in [-0.3, -0.25) is 9.69 Å². The summed E-state index contributed by atoms with van der Waals surface area (Å²) in [4.78, 5) is 15.1. The van der Waals surface area contributed by atoms with Crippen molar-refractivity contribution in [3.8, 4) is 0 Å². The van der Waals surface area contributed by atoms with Gasteiger partial charge in [-0.05, 0) is 25.8 Å². The molecule has 1 saturated carbocycles. The third kappa shape index (κ3) is 4.25. The van der Waals surface area contributed by atoms with Crippen LogP contribution in [0, 0.1) is 6.92 Å². The summed E-state index contributed by atoms with van der Waals surface area (Å²) in [5.41, 5.74) is 0.592. The monoisotopic (exact) mass is 372 g/mol. The van der Waals surface area contributed by atoms with Crippen LogP contribution in [-0.4, -0.2) is 46.9 Å². The predicted octanol–water partition coefficient (Wildman–Crippen LogP) is 3.37. The lowest BCUT2D eigenvalue weighted by molar-refractivity contribution is 0.0312. The number of ether oxygens (including phenoxy) is 1. The molecule has 0 aromatic carbocycles. The second kappa shape index (κ2) is 8.27. The minimum Gasteiger partial charge on any atom is -0.464 e. The Balaban J connectivity index is 1.43. The van der Waals surface area contributed by atoms with Gasteiger partial charge in [0.15, 0.2) is 0 Å². The van der Waals surface area contributed by atoms with Crippen molar-refractivity contribution in [2.45, 2.75) is 51.6 Å². The molecule has 2 aromatic heterocycles. The summed E-state index contributed by atoms with van der Waals surface area (Å²) in [5, 5.41) is 7.48. The van der Waals surface area contributed by atoms with Crippen LogP contribution in [0.5, 0.6) is 0 Å². The maximum absolute atomic E-state index is 12.8. The second-order valence-corrected chi connectivity index (χ2v) is 7.48. The van der Waals surface area contributed by atoms with E-state index >= 15 is 0 Å². The molecule has 0 bridgehead atoms. The highest BCUT2D eigenvalue weighted by Crippen LogP contribution is 2.30. The van der Waals surface area contributed by atoms with Crippen LogP contribution in [0.2, 0.25) is 0 Å². The fourth-order valence-corrected chi connectivity index (χ4v) is 4.04. The van der Waals surface area contributed by atoms with E-state index in [9.17, 15) is 4.79 Å². The Bertz CT molecular complexity index is 770. The largest absolute Gasteiger partial charge is 0.464 e. The number of carbonyl (C=O) groups is 1. The molecule has 0 spiro atoms. The molecule has 7 nitrogen and oxygen atoms in total. The van der Waals surface area contributed by atoms with Gasteiger partial charge in [0.1, 0.15) is 17.3 Å². The molecule has 27 heavy (non-hydrogen) atoms. The molecule has 0 radical (unpaired) electrons. The van der Waals surface area contributed by atoms with Gasteiger partial charge in [0.05, 0.1) is 37.6 Å². The Hall–Kier alpha value is -2.12. The number of aromatic nitrogens is 2. The number of amides is 1. The summed E-state index contributed by atoms with van der Waals surface area (Å²) in [6.45, 7) is 5.83. The molecule has 2 aromatic rings. The Labute approximate surface area is 159 Å². The van der Waals surface area contributed by atoms with Crippen molar-refractivity contribution in [1.29, 1.82) is 0 Å². The first-order chi connectivity index (χ1) is 13.2. The number of furan rings is 1. The lowest BCUT2D eigenvalue weighted by Crippen LogP contribution is -2.35. The molecule has 2 aliphatic rings. The first kappa shape index (κ1) is 18.3. The molecule has 1 N–H and O–H groups in total. The van der Waals surface area contributed by atoms with Gasteiger partial charge in [0.2, 0.25) is 0 Å². The minimum absolute atomic E-state index is 0.137. The average Bonchev–Trinajstić information content (AvgIpc) is 3.29. The van der Waals surface area contributed by atoms with Crippen molar-refractivity contribution >= 4 is 11.7 Å². The Morgan fingerprint density at radius 2 is 2.04 bits per heavy atom. The fourth-order valence-electron chi connectivity index (χ4n) is 4.04. The van der Waals surface area contributed by atoms with Gasteiger partial charge >= 0.3 is 0 Å². The van der Waals surface area contributed by atoms with E-state index in [2.05, 4.69) is 15.3 Å². The smallest absolute Gasteiger partial charge is 0.260 e. The number of nitrogens with zero attached hydrogens (tertiary/aromatic N) is 3. The van der Waals surface area contributed by atoms with Crippen LogP contribution >= 0.6 is 0 Å². The van der Waals surface area contributed by atoms with E-state index in [-0.39, 0.29) is 5.91 Å². The van der Waals surface area contributed by atoms with Crippen LogP contribution in [-0.2, 0) is 11.3 Å². The molecule has 1 aliphatic carbocycles. The van der Waals surface area contributed by atoms with Gasteiger partial charge in [-0.1, -0.05) is 19.3 Å². The Kier molecular flexibility index (Phi) is 5.59. The third-order valence-electron chi connectivity index (χ3n) is 5.53. The first-order valence-electron chi connectivity index (χ1n) is 9.95. The number of rotatable bonds is 5. The van der Waals surface area contributed by atoms with E-state index in [0.29, 0.717) is 23.9 Å². The zero-order valence-electron chi connectivity index (χ0n) is 15.9. The van der Waals surface area contributed by atoms with Crippen molar-refractivity contribution in [2.75, 3.05) is 31.6 Å². The Morgan fingerprint density at radius 1 is 1.26 bits per heavy atom. The molecular formula is C20H28N4O3. The number of morpholine rings is 1. The highest BCUT2D eigenvalue weighted by molar-refractivity contribution is 6.04. The van der Waals surface area contributed by atoms with Gasteiger partial charge in [-0.15, -0.1) is 0 Å². The Morgan fingerprint density at radius 3 is 2.81 bits per heavy atom. The number of carbonyl (C=O) groups excluding carboxylic acids is 1. The van der Waals surface area contributed by atoms with Crippen LogP contribution in [0.4, 0.5) is 5.82 Å². The zero-order valence-corrected chi connectivity index (χ0v) is 15.9. The molecular weight excluding hydrogens is 344 g/mol. The topological polar surface area (TPSA) is 72.5 Å². The van der Waals surface area contributed by atoms with E-state index in [0.717, 1.165) is 50.7 Å². The minimum atomic E-state index is -0.137. The molecule has 3 heterocycles. The first-order valence-corrected chi connectivity index (χ1v) is 9.95. The van der Waals surface area contributed by atoms with Gasteiger partial charge in [-0.25, -0.2) is 4.68 Å². The average molecular weight is 372 g/mol. The van der Waals surface area contributed by atoms with Gasteiger partial charge < -0.3 is 14.5 Å². The summed E-state index contributed by atoms with van der Waals surface area (Å²) in [5.74, 6) is 2.10. The highest BCUT2D eigenvalue weighted by atomic mass is 16.5. The van der Waals surface area contributed by atoms with Crippen molar-refractivity contribution in [1.82, 2.24) is 14.7 Å². The summed E-state index contributed by atoms with van der Waals surface area (Å²) in [6.07, 6.45) is 7.75. The number of anilines is 1. The zero-order chi connectivity index (χ0) is 18.6. The maximum Gasteiger partial charge on any atom is 0.260 e. The van der Waals surface area contributed by atoms with Crippen molar-refractivity contribution in [3.05, 3.63) is 35.4 Å². The third-order valence-corrected chi connectivity index (χ3v) is 5.53. The van der Waals surface area contributed by atoms with Crippen molar-refractivity contribution in [2.24, 2.45) is 0 Å². The van der Waals surface area contributed by atoms with Crippen molar-refractivity contribution < 1.29 is 13.9 Å².